The number of rotatable bonds is 1. The van der Waals surface area contributed by atoms with Gasteiger partial charge in [-0.15, -0.1) is 0 Å². The van der Waals surface area contributed by atoms with Crippen LogP contribution in [0.1, 0.15) is 16.7 Å². The number of benzene rings is 3. The molecular formula is C21H22. The van der Waals surface area contributed by atoms with Crippen LogP contribution >= 0.6 is 0 Å². The third-order valence-electron chi connectivity index (χ3n) is 3.33. The molecule has 0 aliphatic carbocycles. The first kappa shape index (κ1) is 15.1. The first-order chi connectivity index (χ1) is 10.1. The zero-order chi connectivity index (χ0) is 15.1. The molecule has 0 aliphatic rings. The van der Waals surface area contributed by atoms with Gasteiger partial charge in [0.1, 0.15) is 0 Å². The molecular weight excluding hydrogens is 252 g/mol. The Kier molecular flexibility index (Phi) is 5.34. The van der Waals surface area contributed by atoms with Gasteiger partial charge in [-0.2, -0.15) is 0 Å². The van der Waals surface area contributed by atoms with Crippen molar-refractivity contribution in [3.8, 4) is 11.1 Å². The van der Waals surface area contributed by atoms with E-state index in [9.17, 15) is 0 Å². The number of hydrogen-bond donors (Lipinski definition) is 0. The van der Waals surface area contributed by atoms with Crippen LogP contribution < -0.4 is 0 Å². The van der Waals surface area contributed by atoms with Crippen molar-refractivity contribution in [2.45, 2.75) is 20.8 Å². The van der Waals surface area contributed by atoms with Gasteiger partial charge >= 0.3 is 0 Å². The fourth-order valence-electron chi connectivity index (χ4n) is 2.18. The summed E-state index contributed by atoms with van der Waals surface area (Å²) < 4.78 is 0. The number of hydrogen-bond acceptors (Lipinski definition) is 0. The van der Waals surface area contributed by atoms with Gasteiger partial charge in [-0.1, -0.05) is 95.6 Å². The maximum atomic E-state index is 2.17. The Morgan fingerprint density at radius 2 is 0.952 bits per heavy atom. The molecule has 106 valence electrons. The molecule has 0 heteroatoms. The fraction of sp³-hybridized carbons (Fsp3) is 0.143. The SMILES string of the molecule is Cc1ccc(-c2ccccc2)cc1.Cc1cccc(C)c1. The lowest BCUT2D eigenvalue weighted by molar-refractivity contribution is 1.39. The maximum absolute atomic E-state index is 2.17. The second-order valence-corrected chi connectivity index (χ2v) is 5.39. The highest BCUT2D eigenvalue weighted by Gasteiger charge is 1.93. The third-order valence-corrected chi connectivity index (χ3v) is 3.33. The molecule has 0 N–H and O–H groups in total. The predicted octanol–water partition coefficient (Wildman–Crippen LogP) is 5.97. The summed E-state index contributed by atoms with van der Waals surface area (Å²) in [6.45, 7) is 6.31. The number of aryl methyl sites for hydroxylation is 3. The minimum Gasteiger partial charge on any atom is -0.0622 e. The van der Waals surface area contributed by atoms with Crippen LogP contribution in [-0.4, -0.2) is 0 Å². The zero-order valence-electron chi connectivity index (χ0n) is 13.0. The lowest BCUT2D eigenvalue weighted by Gasteiger charge is -2.00. The van der Waals surface area contributed by atoms with Crippen LogP contribution in [0.5, 0.6) is 0 Å². The molecule has 0 saturated heterocycles. The van der Waals surface area contributed by atoms with Gasteiger partial charge < -0.3 is 0 Å². The van der Waals surface area contributed by atoms with Crippen molar-refractivity contribution in [3.05, 3.63) is 95.6 Å². The summed E-state index contributed by atoms with van der Waals surface area (Å²) in [5, 5.41) is 0. The van der Waals surface area contributed by atoms with E-state index in [1.807, 2.05) is 6.07 Å². The fourth-order valence-corrected chi connectivity index (χ4v) is 2.18. The van der Waals surface area contributed by atoms with Gasteiger partial charge in [0.2, 0.25) is 0 Å². The van der Waals surface area contributed by atoms with Crippen molar-refractivity contribution in [2.75, 3.05) is 0 Å². The summed E-state index contributed by atoms with van der Waals surface area (Å²) >= 11 is 0. The first-order valence-electron chi connectivity index (χ1n) is 7.30. The molecule has 0 aromatic heterocycles. The van der Waals surface area contributed by atoms with Crippen molar-refractivity contribution < 1.29 is 0 Å². The van der Waals surface area contributed by atoms with Gasteiger partial charge in [0.25, 0.3) is 0 Å². The van der Waals surface area contributed by atoms with Gasteiger partial charge in [-0.25, -0.2) is 0 Å². The van der Waals surface area contributed by atoms with Gasteiger partial charge in [0.05, 0.1) is 0 Å². The van der Waals surface area contributed by atoms with E-state index < -0.39 is 0 Å². The quantitative estimate of drug-likeness (QED) is 0.513. The molecule has 3 aromatic carbocycles. The van der Waals surface area contributed by atoms with E-state index in [-0.39, 0.29) is 0 Å². The first-order valence-corrected chi connectivity index (χ1v) is 7.30. The van der Waals surface area contributed by atoms with E-state index in [0.29, 0.717) is 0 Å². The van der Waals surface area contributed by atoms with Gasteiger partial charge in [0, 0.05) is 0 Å². The second-order valence-electron chi connectivity index (χ2n) is 5.39. The minimum atomic E-state index is 1.28. The average Bonchev–Trinajstić information content (AvgIpc) is 2.49. The lowest BCUT2D eigenvalue weighted by atomic mass is 10.0. The summed E-state index contributed by atoms with van der Waals surface area (Å²) in [5.74, 6) is 0. The highest BCUT2D eigenvalue weighted by Crippen LogP contribution is 2.18. The van der Waals surface area contributed by atoms with Crippen molar-refractivity contribution in [3.63, 3.8) is 0 Å². The van der Waals surface area contributed by atoms with Crippen LogP contribution in [0.15, 0.2) is 78.9 Å². The average molecular weight is 274 g/mol. The van der Waals surface area contributed by atoms with Crippen LogP contribution in [0, 0.1) is 20.8 Å². The van der Waals surface area contributed by atoms with Crippen molar-refractivity contribution >= 4 is 0 Å². The predicted molar refractivity (Wildman–Crippen MR) is 92.5 cm³/mol. The van der Waals surface area contributed by atoms with Gasteiger partial charge in [-0.05, 0) is 31.9 Å². The smallest absolute Gasteiger partial charge is 0.0184 e. The topological polar surface area (TPSA) is 0 Å². The summed E-state index contributed by atoms with van der Waals surface area (Å²) in [4.78, 5) is 0. The molecule has 0 bridgehead atoms. The summed E-state index contributed by atoms with van der Waals surface area (Å²) in [6.07, 6.45) is 0. The molecule has 3 aromatic rings. The van der Waals surface area contributed by atoms with Crippen molar-refractivity contribution in [1.29, 1.82) is 0 Å². The molecule has 0 nitrogen and oxygen atoms in total. The van der Waals surface area contributed by atoms with Crippen LogP contribution in [0.25, 0.3) is 11.1 Å². The molecule has 3 rings (SSSR count). The van der Waals surface area contributed by atoms with E-state index in [0.717, 1.165) is 0 Å². The maximum Gasteiger partial charge on any atom is -0.0184 e. The Morgan fingerprint density at radius 1 is 0.429 bits per heavy atom. The molecule has 0 radical (unpaired) electrons. The van der Waals surface area contributed by atoms with Crippen LogP contribution in [0.2, 0.25) is 0 Å². The molecule has 0 saturated carbocycles. The molecule has 0 heterocycles. The van der Waals surface area contributed by atoms with Crippen molar-refractivity contribution in [2.24, 2.45) is 0 Å². The van der Waals surface area contributed by atoms with Crippen LogP contribution in [-0.2, 0) is 0 Å². The van der Waals surface area contributed by atoms with Crippen LogP contribution in [0.3, 0.4) is 0 Å². The summed E-state index contributed by atoms with van der Waals surface area (Å²) in [7, 11) is 0. The standard InChI is InChI=1S/C13H12.C8H10/c1-11-7-9-13(10-8-11)12-5-3-2-4-6-12;1-7-4-3-5-8(2)6-7/h2-10H,1H3;3-6H,1-2H3. The molecule has 0 atom stereocenters. The highest BCUT2D eigenvalue weighted by molar-refractivity contribution is 5.63. The monoisotopic (exact) mass is 274 g/mol. The Bertz CT molecular complexity index is 647. The highest BCUT2D eigenvalue weighted by atomic mass is 14.0. The van der Waals surface area contributed by atoms with E-state index in [2.05, 4.69) is 93.6 Å². The molecule has 0 fully saturated rings. The normalized spacial score (nSPS) is 9.67. The third kappa shape index (κ3) is 4.92. The molecule has 0 unspecified atom stereocenters. The Morgan fingerprint density at radius 3 is 1.43 bits per heavy atom. The van der Waals surface area contributed by atoms with E-state index in [1.54, 1.807) is 0 Å². The minimum absolute atomic E-state index is 1.28. The lowest BCUT2D eigenvalue weighted by Crippen LogP contribution is -1.76. The Hall–Kier alpha value is -2.34. The molecule has 0 amide bonds. The summed E-state index contributed by atoms with van der Waals surface area (Å²) in [6, 6.07) is 27.5. The summed E-state index contributed by atoms with van der Waals surface area (Å²) in [5.41, 5.74) is 6.54. The van der Waals surface area contributed by atoms with Crippen LogP contribution in [0.4, 0.5) is 0 Å². The Balaban J connectivity index is 0.000000173. The second kappa shape index (κ2) is 7.44. The molecule has 0 spiro atoms. The Labute approximate surface area is 128 Å². The van der Waals surface area contributed by atoms with E-state index in [4.69, 9.17) is 0 Å². The largest absolute Gasteiger partial charge is 0.0622 e. The molecule has 0 aliphatic heterocycles. The van der Waals surface area contributed by atoms with Gasteiger partial charge in [0.15, 0.2) is 0 Å². The zero-order valence-corrected chi connectivity index (χ0v) is 13.0. The molecule has 21 heavy (non-hydrogen) atoms. The van der Waals surface area contributed by atoms with Crippen molar-refractivity contribution in [1.82, 2.24) is 0 Å². The van der Waals surface area contributed by atoms with E-state index in [1.165, 1.54) is 27.8 Å². The van der Waals surface area contributed by atoms with Gasteiger partial charge in [-0.3, -0.25) is 0 Å². The van der Waals surface area contributed by atoms with E-state index >= 15 is 0 Å².